The smallest absolute Gasteiger partial charge is 0.145 e. The van der Waals surface area contributed by atoms with Gasteiger partial charge in [-0.05, 0) is 35.6 Å². The Balaban J connectivity index is 1.61. The van der Waals surface area contributed by atoms with E-state index in [4.69, 9.17) is 10.6 Å². The Bertz CT molecular complexity index is 690. The number of hydrogen-bond donors (Lipinski definition) is 1. The summed E-state index contributed by atoms with van der Waals surface area (Å²) in [6.07, 6.45) is 0.906. The highest BCUT2D eigenvalue weighted by molar-refractivity contribution is 5.99. The average molecular weight is 323 g/mol. The lowest BCUT2D eigenvalue weighted by molar-refractivity contribution is 0.271. The lowest BCUT2D eigenvalue weighted by atomic mass is 10.0. The summed E-state index contributed by atoms with van der Waals surface area (Å²) in [7, 11) is 0. The van der Waals surface area contributed by atoms with Gasteiger partial charge in [0, 0.05) is 5.56 Å². The van der Waals surface area contributed by atoms with Crippen molar-refractivity contribution in [3.8, 4) is 5.75 Å². The van der Waals surface area contributed by atoms with Crippen molar-refractivity contribution in [3.63, 3.8) is 0 Å². The van der Waals surface area contributed by atoms with Crippen LogP contribution in [0.1, 0.15) is 30.5 Å². The molecule has 24 heavy (non-hydrogen) atoms. The standard InChI is InChI=1S/C20H25N3O/c1-15(2)14-24-19-9-5-17(6-10-19)13-16-3-7-18(8-4-16)20-22-11-12-23(20)21/h3-10,15H,11-14,21H2,1-2H3. The van der Waals surface area contributed by atoms with Crippen molar-refractivity contribution >= 4 is 5.84 Å². The third-order valence-electron chi connectivity index (χ3n) is 4.00. The van der Waals surface area contributed by atoms with E-state index < -0.39 is 0 Å². The van der Waals surface area contributed by atoms with Crippen molar-refractivity contribution in [2.45, 2.75) is 20.3 Å². The summed E-state index contributed by atoms with van der Waals surface area (Å²) in [5.41, 5.74) is 3.63. The monoisotopic (exact) mass is 323 g/mol. The SMILES string of the molecule is CC(C)COc1ccc(Cc2ccc(C3=NCCN3N)cc2)cc1. The number of benzene rings is 2. The zero-order valence-electron chi connectivity index (χ0n) is 14.4. The van der Waals surface area contributed by atoms with Crippen LogP contribution in [0.25, 0.3) is 0 Å². The molecule has 2 aromatic carbocycles. The quantitative estimate of drug-likeness (QED) is 0.830. The summed E-state index contributed by atoms with van der Waals surface area (Å²) in [5.74, 6) is 8.28. The minimum atomic E-state index is 0.539. The Hall–Kier alpha value is -2.33. The van der Waals surface area contributed by atoms with Gasteiger partial charge in [-0.3, -0.25) is 10.0 Å². The fraction of sp³-hybridized carbons (Fsp3) is 0.350. The van der Waals surface area contributed by atoms with Crippen molar-refractivity contribution in [1.29, 1.82) is 0 Å². The number of aliphatic imine (C=N–C) groups is 1. The second-order valence-electron chi connectivity index (χ2n) is 6.62. The van der Waals surface area contributed by atoms with E-state index in [0.29, 0.717) is 5.92 Å². The van der Waals surface area contributed by atoms with Crippen LogP contribution in [-0.2, 0) is 6.42 Å². The number of hydrazine groups is 1. The maximum absolute atomic E-state index is 5.92. The summed E-state index contributed by atoms with van der Waals surface area (Å²) >= 11 is 0. The minimum absolute atomic E-state index is 0.539. The molecule has 0 aliphatic carbocycles. The molecule has 0 aromatic heterocycles. The van der Waals surface area contributed by atoms with Crippen molar-refractivity contribution in [2.75, 3.05) is 19.7 Å². The lowest BCUT2D eigenvalue weighted by Crippen LogP contribution is -2.34. The van der Waals surface area contributed by atoms with E-state index in [1.807, 2.05) is 12.1 Å². The van der Waals surface area contributed by atoms with Gasteiger partial charge in [0.15, 0.2) is 0 Å². The van der Waals surface area contributed by atoms with Gasteiger partial charge in [-0.1, -0.05) is 50.2 Å². The van der Waals surface area contributed by atoms with Crippen molar-refractivity contribution in [3.05, 3.63) is 65.2 Å². The molecule has 0 spiro atoms. The van der Waals surface area contributed by atoms with E-state index >= 15 is 0 Å². The largest absolute Gasteiger partial charge is 0.493 e. The van der Waals surface area contributed by atoms with Crippen LogP contribution in [0, 0.1) is 5.92 Å². The van der Waals surface area contributed by atoms with Crippen molar-refractivity contribution in [1.82, 2.24) is 5.01 Å². The highest BCUT2D eigenvalue weighted by atomic mass is 16.5. The first-order chi connectivity index (χ1) is 11.6. The number of hydrogen-bond acceptors (Lipinski definition) is 4. The van der Waals surface area contributed by atoms with Crippen LogP contribution in [0.5, 0.6) is 5.75 Å². The van der Waals surface area contributed by atoms with Gasteiger partial charge in [-0.2, -0.15) is 0 Å². The molecule has 4 heteroatoms. The molecule has 0 atom stereocenters. The molecule has 0 radical (unpaired) electrons. The number of amidine groups is 1. The molecule has 0 saturated carbocycles. The first-order valence-corrected chi connectivity index (χ1v) is 8.49. The van der Waals surface area contributed by atoms with E-state index in [1.54, 1.807) is 5.01 Å². The Kier molecular flexibility index (Phi) is 5.16. The molecule has 4 nitrogen and oxygen atoms in total. The normalized spacial score (nSPS) is 14.2. The number of ether oxygens (including phenoxy) is 1. The summed E-state index contributed by atoms with van der Waals surface area (Å²) < 4.78 is 5.73. The van der Waals surface area contributed by atoms with E-state index in [1.165, 1.54) is 11.1 Å². The first-order valence-electron chi connectivity index (χ1n) is 8.49. The van der Waals surface area contributed by atoms with E-state index in [-0.39, 0.29) is 0 Å². The molecule has 0 bridgehead atoms. The molecule has 0 unspecified atom stereocenters. The first kappa shape index (κ1) is 16.5. The van der Waals surface area contributed by atoms with Gasteiger partial charge in [0.2, 0.25) is 0 Å². The van der Waals surface area contributed by atoms with Crippen molar-refractivity contribution < 1.29 is 4.74 Å². The van der Waals surface area contributed by atoms with Gasteiger partial charge >= 0.3 is 0 Å². The van der Waals surface area contributed by atoms with Gasteiger partial charge in [0.1, 0.15) is 11.6 Å². The highest BCUT2D eigenvalue weighted by Gasteiger charge is 2.14. The molecule has 0 fully saturated rings. The number of nitrogens with two attached hydrogens (primary N) is 1. The average Bonchev–Trinajstić information content (AvgIpc) is 3.01. The van der Waals surface area contributed by atoms with Crippen LogP contribution in [0.4, 0.5) is 0 Å². The predicted molar refractivity (Wildman–Crippen MR) is 98.3 cm³/mol. The zero-order valence-corrected chi connectivity index (χ0v) is 14.4. The minimum Gasteiger partial charge on any atom is -0.493 e. The Morgan fingerprint density at radius 2 is 1.67 bits per heavy atom. The summed E-state index contributed by atoms with van der Waals surface area (Å²) in [5, 5.41) is 1.71. The Morgan fingerprint density at radius 1 is 1.04 bits per heavy atom. The van der Waals surface area contributed by atoms with Crippen LogP contribution >= 0.6 is 0 Å². The van der Waals surface area contributed by atoms with Crippen LogP contribution in [0.3, 0.4) is 0 Å². The van der Waals surface area contributed by atoms with Crippen LogP contribution < -0.4 is 10.6 Å². The maximum atomic E-state index is 5.92. The fourth-order valence-electron chi connectivity index (χ4n) is 2.69. The predicted octanol–water partition coefficient (Wildman–Crippen LogP) is 3.25. The topological polar surface area (TPSA) is 50.8 Å². The number of rotatable bonds is 6. The fourth-order valence-corrected chi connectivity index (χ4v) is 2.69. The van der Waals surface area contributed by atoms with Crippen LogP contribution in [0.15, 0.2) is 53.5 Å². The van der Waals surface area contributed by atoms with Gasteiger partial charge in [-0.15, -0.1) is 0 Å². The molecule has 3 rings (SSSR count). The molecule has 0 amide bonds. The summed E-state index contributed by atoms with van der Waals surface area (Å²) in [4.78, 5) is 4.44. The summed E-state index contributed by atoms with van der Waals surface area (Å²) in [6, 6.07) is 16.8. The van der Waals surface area contributed by atoms with Crippen LogP contribution in [0.2, 0.25) is 0 Å². The van der Waals surface area contributed by atoms with Gasteiger partial charge in [-0.25, -0.2) is 5.84 Å². The molecular weight excluding hydrogens is 298 g/mol. The third-order valence-corrected chi connectivity index (χ3v) is 4.00. The highest BCUT2D eigenvalue weighted by Crippen LogP contribution is 2.17. The molecule has 126 valence electrons. The van der Waals surface area contributed by atoms with Gasteiger partial charge < -0.3 is 4.74 Å². The Morgan fingerprint density at radius 3 is 2.21 bits per heavy atom. The molecule has 1 aliphatic heterocycles. The molecule has 2 aromatic rings. The van der Waals surface area contributed by atoms with E-state index in [0.717, 1.165) is 43.3 Å². The van der Waals surface area contributed by atoms with Crippen LogP contribution in [-0.4, -0.2) is 30.5 Å². The summed E-state index contributed by atoms with van der Waals surface area (Å²) in [6.45, 7) is 6.63. The number of nitrogens with zero attached hydrogens (tertiary/aromatic N) is 2. The third kappa shape index (κ3) is 4.15. The van der Waals surface area contributed by atoms with Gasteiger partial charge in [0.25, 0.3) is 0 Å². The molecule has 1 heterocycles. The second-order valence-corrected chi connectivity index (χ2v) is 6.62. The van der Waals surface area contributed by atoms with E-state index in [2.05, 4.69) is 55.2 Å². The molecular formula is C20H25N3O. The van der Waals surface area contributed by atoms with E-state index in [9.17, 15) is 0 Å². The molecule has 0 saturated heterocycles. The maximum Gasteiger partial charge on any atom is 0.145 e. The van der Waals surface area contributed by atoms with Crippen molar-refractivity contribution in [2.24, 2.45) is 16.8 Å². The Labute approximate surface area is 143 Å². The molecule has 1 aliphatic rings. The zero-order chi connectivity index (χ0) is 16.9. The second kappa shape index (κ2) is 7.49. The lowest BCUT2D eigenvalue weighted by Gasteiger charge is -2.13. The van der Waals surface area contributed by atoms with Gasteiger partial charge in [0.05, 0.1) is 19.7 Å². The molecule has 2 N–H and O–H groups in total.